The van der Waals surface area contributed by atoms with Crippen LogP contribution < -0.4 is 0 Å². The average molecular weight is 170 g/mol. The third kappa shape index (κ3) is 1.32. The lowest BCUT2D eigenvalue weighted by molar-refractivity contribution is -0.124. The zero-order chi connectivity index (χ0) is 9.35. The van der Waals surface area contributed by atoms with Crippen LogP contribution in [0.2, 0.25) is 0 Å². The van der Waals surface area contributed by atoms with Gasteiger partial charge in [0.15, 0.2) is 5.78 Å². The van der Waals surface area contributed by atoms with E-state index in [0.29, 0.717) is 0 Å². The van der Waals surface area contributed by atoms with Crippen LogP contribution in [-0.4, -0.2) is 22.7 Å². The zero-order valence-electron chi connectivity index (χ0n) is 6.83. The van der Waals surface area contributed by atoms with Crippen LogP contribution in [0.25, 0.3) is 0 Å². The van der Waals surface area contributed by atoms with E-state index in [2.05, 4.69) is 6.58 Å². The lowest BCUT2D eigenvalue weighted by Crippen LogP contribution is -2.38. The maximum atomic E-state index is 13.0. The molecule has 0 spiro atoms. The summed E-state index contributed by atoms with van der Waals surface area (Å²) in [4.78, 5) is 11.1. The fraction of sp³-hybridized carbons (Fsp3) is 0.444. The van der Waals surface area contributed by atoms with Gasteiger partial charge in [0.25, 0.3) is 0 Å². The maximum Gasteiger partial charge on any atom is 0.165 e. The van der Waals surface area contributed by atoms with Gasteiger partial charge in [-0.2, -0.15) is 0 Å². The van der Waals surface area contributed by atoms with Crippen molar-refractivity contribution in [3.8, 4) is 0 Å². The van der Waals surface area contributed by atoms with E-state index in [-0.39, 0.29) is 5.78 Å². The molecule has 1 N–H and O–H groups in total. The number of alkyl halides is 1. The molecule has 0 aliphatic heterocycles. The van der Waals surface area contributed by atoms with Gasteiger partial charge in [-0.05, 0) is 19.1 Å². The number of hydrogen-bond donors (Lipinski definition) is 1. The van der Waals surface area contributed by atoms with Gasteiger partial charge in [-0.15, -0.1) is 6.58 Å². The van der Waals surface area contributed by atoms with Crippen molar-refractivity contribution in [3.63, 3.8) is 0 Å². The van der Waals surface area contributed by atoms with E-state index in [1.54, 1.807) is 0 Å². The second-order valence-corrected chi connectivity index (χ2v) is 3.12. The Balaban J connectivity index is 2.90. The Bertz CT molecular complexity index is 243. The molecule has 0 fully saturated rings. The van der Waals surface area contributed by atoms with Crippen LogP contribution in [0.1, 0.15) is 6.92 Å². The average Bonchev–Trinajstić information content (AvgIpc) is 2.25. The number of carbonyl (C=O) groups excluding carboxylic acids is 1. The van der Waals surface area contributed by atoms with Crippen LogP contribution in [0.3, 0.4) is 0 Å². The van der Waals surface area contributed by atoms with Crippen molar-refractivity contribution in [2.45, 2.75) is 18.7 Å². The van der Waals surface area contributed by atoms with E-state index in [1.807, 2.05) is 0 Å². The third-order valence-corrected chi connectivity index (χ3v) is 2.06. The van der Waals surface area contributed by atoms with Crippen LogP contribution in [0.5, 0.6) is 0 Å². The predicted octanol–water partition coefficient (Wildman–Crippen LogP) is 1.02. The molecular weight excluding hydrogens is 159 g/mol. The minimum absolute atomic E-state index is 0.382. The fourth-order valence-electron chi connectivity index (χ4n) is 1.36. The molecule has 3 unspecified atom stereocenters. The van der Waals surface area contributed by atoms with Gasteiger partial charge in [-0.1, -0.05) is 6.08 Å². The molecule has 12 heavy (non-hydrogen) atoms. The molecule has 66 valence electrons. The number of aliphatic hydroxyl groups is 1. The van der Waals surface area contributed by atoms with Gasteiger partial charge in [0.05, 0.1) is 11.5 Å². The summed E-state index contributed by atoms with van der Waals surface area (Å²) < 4.78 is 13.0. The molecule has 3 heteroatoms. The quantitative estimate of drug-likeness (QED) is 0.628. The highest BCUT2D eigenvalue weighted by molar-refractivity contribution is 5.96. The highest BCUT2D eigenvalue weighted by atomic mass is 19.1. The number of halogens is 1. The monoisotopic (exact) mass is 170 g/mol. The van der Waals surface area contributed by atoms with Crippen LogP contribution in [0.15, 0.2) is 24.8 Å². The first-order valence-electron chi connectivity index (χ1n) is 3.71. The van der Waals surface area contributed by atoms with Gasteiger partial charge < -0.3 is 5.11 Å². The normalized spacial score (nSPS) is 36.9. The number of rotatable bonds is 2. The topological polar surface area (TPSA) is 37.3 Å². The van der Waals surface area contributed by atoms with Crippen molar-refractivity contribution >= 4 is 5.78 Å². The Morgan fingerprint density at radius 2 is 2.50 bits per heavy atom. The molecule has 0 radical (unpaired) electrons. The molecule has 0 heterocycles. The van der Waals surface area contributed by atoms with E-state index in [1.165, 1.54) is 19.1 Å². The van der Waals surface area contributed by atoms with Crippen molar-refractivity contribution in [2.24, 2.45) is 5.92 Å². The number of ketones is 1. The fourth-order valence-corrected chi connectivity index (χ4v) is 1.36. The summed E-state index contributed by atoms with van der Waals surface area (Å²) in [5.74, 6) is -1.40. The Kier molecular flexibility index (Phi) is 2.15. The SMILES string of the molecule is C=CC(F)C1C(=O)C=CC1(C)O. The minimum Gasteiger partial charge on any atom is -0.385 e. The molecule has 0 amide bonds. The first kappa shape index (κ1) is 9.13. The lowest BCUT2D eigenvalue weighted by atomic mass is 9.88. The maximum absolute atomic E-state index is 13.0. The van der Waals surface area contributed by atoms with E-state index in [0.717, 1.165) is 6.08 Å². The van der Waals surface area contributed by atoms with Crippen molar-refractivity contribution in [1.29, 1.82) is 0 Å². The van der Waals surface area contributed by atoms with Crippen molar-refractivity contribution in [1.82, 2.24) is 0 Å². The summed E-state index contributed by atoms with van der Waals surface area (Å²) in [6, 6.07) is 0. The van der Waals surface area contributed by atoms with Crippen LogP contribution >= 0.6 is 0 Å². The summed E-state index contributed by atoms with van der Waals surface area (Å²) >= 11 is 0. The Morgan fingerprint density at radius 1 is 1.92 bits per heavy atom. The van der Waals surface area contributed by atoms with Gasteiger partial charge in [0, 0.05) is 0 Å². The van der Waals surface area contributed by atoms with Crippen molar-refractivity contribution in [3.05, 3.63) is 24.8 Å². The van der Waals surface area contributed by atoms with Gasteiger partial charge in [0.2, 0.25) is 0 Å². The number of allylic oxidation sites excluding steroid dienone is 2. The third-order valence-electron chi connectivity index (χ3n) is 2.06. The Hall–Kier alpha value is -0.960. The van der Waals surface area contributed by atoms with E-state index in [4.69, 9.17) is 0 Å². The molecule has 0 saturated carbocycles. The molecule has 0 saturated heterocycles. The summed E-state index contributed by atoms with van der Waals surface area (Å²) in [6.07, 6.45) is 2.07. The molecule has 0 bridgehead atoms. The predicted molar refractivity (Wildman–Crippen MR) is 43.4 cm³/mol. The summed E-state index contributed by atoms with van der Waals surface area (Å²) in [5, 5.41) is 9.53. The molecular formula is C9H11FO2. The molecule has 0 aromatic rings. The molecule has 1 aliphatic carbocycles. The van der Waals surface area contributed by atoms with E-state index >= 15 is 0 Å². The highest BCUT2D eigenvalue weighted by Crippen LogP contribution is 2.31. The molecule has 1 aliphatic rings. The largest absolute Gasteiger partial charge is 0.385 e. The highest BCUT2D eigenvalue weighted by Gasteiger charge is 2.43. The Morgan fingerprint density at radius 3 is 2.83 bits per heavy atom. The first-order valence-corrected chi connectivity index (χ1v) is 3.71. The summed E-state index contributed by atoms with van der Waals surface area (Å²) in [7, 11) is 0. The summed E-state index contributed by atoms with van der Waals surface area (Å²) in [6.45, 7) is 4.65. The van der Waals surface area contributed by atoms with E-state index < -0.39 is 17.7 Å². The van der Waals surface area contributed by atoms with Crippen molar-refractivity contribution < 1.29 is 14.3 Å². The smallest absolute Gasteiger partial charge is 0.165 e. The molecule has 0 aromatic carbocycles. The second kappa shape index (κ2) is 2.83. The molecule has 3 atom stereocenters. The second-order valence-electron chi connectivity index (χ2n) is 3.12. The van der Waals surface area contributed by atoms with Crippen LogP contribution in [-0.2, 0) is 4.79 Å². The molecule has 0 aromatic heterocycles. The standard InChI is InChI=1S/C9H11FO2/c1-3-6(10)8-7(11)4-5-9(8,2)12/h3-6,8,12H,1H2,2H3. The van der Waals surface area contributed by atoms with E-state index in [9.17, 15) is 14.3 Å². The number of carbonyl (C=O) groups is 1. The van der Waals surface area contributed by atoms with Crippen molar-refractivity contribution in [2.75, 3.05) is 0 Å². The summed E-state index contributed by atoms with van der Waals surface area (Å²) in [5.41, 5.74) is -1.37. The van der Waals surface area contributed by atoms with Crippen LogP contribution in [0.4, 0.5) is 4.39 Å². The Labute approximate surface area is 70.4 Å². The van der Waals surface area contributed by atoms with Gasteiger partial charge in [0.1, 0.15) is 6.17 Å². The number of hydrogen-bond acceptors (Lipinski definition) is 2. The lowest BCUT2D eigenvalue weighted by Gasteiger charge is -2.24. The van der Waals surface area contributed by atoms with Gasteiger partial charge >= 0.3 is 0 Å². The zero-order valence-corrected chi connectivity index (χ0v) is 6.83. The minimum atomic E-state index is -1.48. The van der Waals surface area contributed by atoms with Gasteiger partial charge in [-0.3, -0.25) is 4.79 Å². The molecule has 1 rings (SSSR count). The molecule has 2 nitrogen and oxygen atoms in total. The van der Waals surface area contributed by atoms with Crippen LogP contribution in [0, 0.1) is 5.92 Å². The first-order chi connectivity index (χ1) is 5.49. The van der Waals surface area contributed by atoms with Gasteiger partial charge in [-0.25, -0.2) is 4.39 Å².